The number of methoxy groups -OCH3 is 2. The first-order valence-electron chi connectivity index (χ1n) is 7.62. The SMILES string of the molecule is COCC(CCC(C)C)(COC)C1CCCCC1. The number of rotatable bonds is 8. The molecule has 0 atom stereocenters. The normalized spacial score (nSPS) is 18.5. The van der Waals surface area contributed by atoms with Gasteiger partial charge in [-0.05, 0) is 31.1 Å². The summed E-state index contributed by atoms with van der Waals surface area (Å²) in [4.78, 5) is 0. The zero-order valence-corrected chi connectivity index (χ0v) is 12.8. The van der Waals surface area contributed by atoms with Gasteiger partial charge in [0.05, 0.1) is 13.2 Å². The predicted octanol–water partition coefficient (Wildman–Crippen LogP) is 4.28. The van der Waals surface area contributed by atoms with E-state index in [1.807, 2.05) is 14.2 Å². The average molecular weight is 256 g/mol. The van der Waals surface area contributed by atoms with E-state index >= 15 is 0 Å². The Labute approximate surface area is 113 Å². The summed E-state index contributed by atoms with van der Waals surface area (Å²) < 4.78 is 11.1. The van der Waals surface area contributed by atoms with Crippen LogP contribution in [0.15, 0.2) is 0 Å². The van der Waals surface area contributed by atoms with Crippen LogP contribution < -0.4 is 0 Å². The van der Waals surface area contributed by atoms with E-state index in [2.05, 4.69) is 13.8 Å². The van der Waals surface area contributed by atoms with Gasteiger partial charge < -0.3 is 9.47 Å². The van der Waals surface area contributed by atoms with Crippen molar-refractivity contribution < 1.29 is 9.47 Å². The monoisotopic (exact) mass is 256 g/mol. The van der Waals surface area contributed by atoms with Gasteiger partial charge in [0.2, 0.25) is 0 Å². The Hall–Kier alpha value is -0.0800. The molecule has 0 unspecified atom stereocenters. The van der Waals surface area contributed by atoms with Gasteiger partial charge in [-0.25, -0.2) is 0 Å². The molecule has 1 aliphatic rings. The van der Waals surface area contributed by atoms with Crippen molar-refractivity contribution in [3.8, 4) is 0 Å². The molecule has 0 aromatic rings. The van der Waals surface area contributed by atoms with Gasteiger partial charge in [0.15, 0.2) is 0 Å². The molecule has 0 aromatic heterocycles. The van der Waals surface area contributed by atoms with Crippen LogP contribution in [0.1, 0.15) is 58.8 Å². The summed E-state index contributed by atoms with van der Waals surface area (Å²) in [6.07, 6.45) is 9.45. The Morgan fingerprint density at radius 2 is 1.56 bits per heavy atom. The molecule has 1 aliphatic carbocycles. The van der Waals surface area contributed by atoms with Crippen molar-refractivity contribution >= 4 is 0 Å². The summed E-state index contributed by atoms with van der Waals surface area (Å²) in [5.74, 6) is 1.56. The predicted molar refractivity (Wildman–Crippen MR) is 76.8 cm³/mol. The summed E-state index contributed by atoms with van der Waals surface area (Å²) in [5.41, 5.74) is 0.258. The van der Waals surface area contributed by atoms with E-state index in [1.54, 1.807) is 0 Å². The third kappa shape index (κ3) is 4.55. The molecule has 0 aromatic carbocycles. The lowest BCUT2D eigenvalue weighted by atomic mass is 9.66. The number of hydrogen-bond donors (Lipinski definition) is 0. The second kappa shape index (κ2) is 8.16. The van der Waals surface area contributed by atoms with E-state index < -0.39 is 0 Å². The van der Waals surface area contributed by atoms with Crippen LogP contribution in [0.5, 0.6) is 0 Å². The molecule has 0 heterocycles. The first kappa shape index (κ1) is 16.0. The molecule has 18 heavy (non-hydrogen) atoms. The van der Waals surface area contributed by atoms with Crippen LogP contribution in [0.3, 0.4) is 0 Å². The Kier molecular flexibility index (Phi) is 7.25. The molecule has 1 rings (SSSR count). The Balaban J connectivity index is 2.73. The summed E-state index contributed by atoms with van der Waals surface area (Å²) in [7, 11) is 3.67. The number of ether oxygens (including phenoxy) is 2. The average Bonchev–Trinajstić information content (AvgIpc) is 2.37. The highest BCUT2D eigenvalue weighted by molar-refractivity contribution is 4.88. The van der Waals surface area contributed by atoms with Crippen LogP contribution in [0.25, 0.3) is 0 Å². The summed E-state index contributed by atoms with van der Waals surface area (Å²) >= 11 is 0. The van der Waals surface area contributed by atoms with Crippen LogP contribution in [0.4, 0.5) is 0 Å². The molecule has 0 spiro atoms. The minimum absolute atomic E-state index is 0.258. The largest absolute Gasteiger partial charge is 0.384 e. The molecule has 108 valence electrons. The maximum Gasteiger partial charge on any atom is 0.0543 e. The minimum Gasteiger partial charge on any atom is -0.384 e. The lowest BCUT2D eigenvalue weighted by Crippen LogP contribution is -2.40. The van der Waals surface area contributed by atoms with Crippen molar-refractivity contribution in [2.75, 3.05) is 27.4 Å². The quantitative estimate of drug-likeness (QED) is 0.645. The fourth-order valence-electron chi connectivity index (χ4n) is 3.49. The van der Waals surface area contributed by atoms with Gasteiger partial charge in [-0.1, -0.05) is 39.5 Å². The van der Waals surface area contributed by atoms with Gasteiger partial charge in [0, 0.05) is 19.6 Å². The highest BCUT2D eigenvalue weighted by Crippen LogP contribution is 2.43. The van der Waals surface area contributed by atoms with Crippen LogP contribution in [0.2, 0.25) is 0 Å². The van der Waals surface area contributed by atoms with Crippen LogP contribution in [-0.4, -0.2) is 27.4 Å². The van der Waals surface area contributed by atoms with Crippen molar-refractivity contribution in [1.29, 1.82) is 0 Å². The van der Waals surface area contributed by atoms with Crippen molar-refractivity contribution in [2.24, 2.45) is 17.3 Å². The Bertz CT molecular complexity index is 201. The molecule has 2 nitrogen and oxygen atoms in total. The first-order chi connectivity index (χ1) is 8.64. The van der Waals surface area contributed by atoms with Gasteiger partial charge in [0.1, 0.15) is 0 Å². The second-order valence-corrected chi connectivity index (χ2v) is 6.50. The van der Waals surface area contributed by atoms with Crippen LogP contribution in [0, 0.1) is 17.3 Å². The summed E-state index contributed by atoms with van der Waals surface area (Å²) in [5, 5.41) is 0. The minimum atomic E-state index is 0.258. The lowest BCUT2D eigenvalue weighted by Gasteiger charge is -2.42. The maximum absolute atomic E-state index is 5.57. The van der Waals surface area contributed by atoms with E-state index in [-0.39, 0.29) is 5.41 Å². The highest BCUT2D eigenvalue weighted by atomic mass is 16.5. The van der Waals surface area contributed by atoms with E-state index in [4.69, 9.17) is 9.47 Å². The van der Waals surface area contributed by atoms with Gasteiger partial charge in [-0.2, -0.15) is 0 Å². The smallest absolute Gasteiger partial charge is 0.0543 e. The molecule has 0 saturated heterocycles. The Morgan fingerprint density at radius 3 is 2.00 bits per heavy atom. The molecule has 0 amide bonds. The third-order valence-electron chi connectivity index (χ3n) is 4.55. The molecular formula is C16H32O2. The summed E-state index contributed by atoms with van der Waals surface area (Å²) in [6.45, 7) is 6.34. The third-order valence-corrected chi connectivity index (χ3v) is 4.55. The van der Waals surface area contributed by atoms with Crippen LogP contribution >= 0.6 is 0 Å². The molecule has 0 aliphatic heterocycles. The standard InChI is InChI=1S/C16H32O2/c1-14(2)10-11-16(12-17-3,13-18-4)15-8-6-5-7-9-15/h14-15H,5-13H2,1-4H3. The molecule has 0 radical (unpaired) electrons. The van der Waals surface area contributed by atoms with Crippen LogP contribution in [-0.2, 0) is 9.47 Å². The highest BCUT2D eigenvalue weighted by Gasteiger charge is 2.39. The summed E-state index contributed by atoms with van der Waals surface area (Å²) in [6, 6.07) is 0. The van der Waals surface area contributed by atoms with E-state index in [1.165, 1.54) is 44.9 Å². The Morgan fingerprint density at radius 1 is 1.00 bits per heavy atom. The van der Waals surface area contributed by atoms with Gasteiger partial charge in [-0.3, -0.25) is 0 Å². The van der Waals surface area contributed by atoms with E-state index in [0.717, 1.165) is 25.0 Å². The van der Waals surface area contributed by atoms with Gasteiger partial charge >= 0.3 is 0 Å². The molecule has 0 N–H and O–H groups in total. The fraction of sp³-hybridized carbons (Fsp3) is 1.00. The van der Waals surface area contributed by atoms with E-state index in [9.17, 15) is 0 Å². The molecule has 1 fully saturated rings. The van der Waals surface area contributed by atoms with Gasteiger partial charge in [-0.15, -0.1) is 0 Å². The van der Waals surface area contributed by atoms with E-state index in [0.29, 0.717) is 0 Å². The first-order valence-corrected chi connectivity index (χ1v) is 7.62. The van der Waals surface area contributed by atoms with Crippen molar-refractivity contribution in [1.82, 2.24) is 0 Å². The number of hydrogen-bond acceptors (Lipinski definition) is 2. The molecule has 2 heteroatoms. The maximum atomic E-state index is 5.57. The topological polar surface area (TPSA) is 18.5 Å². The lowest BCUT2D eigenvalue weighted by molar-refractivity contribution is -0.0490. The zero-order valence-electron chi connectivity index (χ0n) is 12.8. The van der Waals surface area contributed by atoms with Crippen molar-refractivity contribution in [2.45, 2.75) is 58.8 Å². The molecule has 1 saturated carbocycles. The molecular weight excluding hydrogens is 224 g/mol. The van der Waals surface area contributed by atoms with Gasteiger partial charge in [0.25, 0.3) is 0 Å². The van der Waals surface area contributed by atoms with Crippen molar-refractivity contribution in [3.63, 3.8) is 0 Å². The van der Waals surface area contributed by atoms with Crippen molar-refractivity contribution in [3.05, 3.63) is 0 Å². The second-order valence-electron chi connectivity index (χ2n) is 6.50. The molecule has 0 bridgehead atoms. The zero-order chi connectivity index (χ0) is 13.4. The fourth-order valence-corrected chi connectivity index (χ4v) is 3.49.